The predicted molar refractivity (Wildman–Crippen MR) is 80.2 cm³/mol. The Morgan fingerprint density at radius 1 is 1.06 bits per heavy atom. The molecular weight excluding hydrogens is 242 g/mol. The van der Waals surface area contributed by atoms with Crippen molar-refractivity contribution in [2.45, 2.75) is 27.2 Å². The number of nitrogens with two attached hydrogens (primary N) is 1. The van der Waals surface area contributed by atoms with Gasteiger partial charge in [0.15, 0.2) is 0 Å². The van der Waals surface area contributed by atoms with E-state index >= 15 is 0 Å². The van der Waals surface area contributed by atoms with E-state index in [9.17, 15) is 0 Å². The number of benzene rings is 2. The van der Waals surface area contributed by atoms with Crippen LogP contribution in [-0.2, 0) is 6.42 Å². The Bertz CT molecular complexity index is 588. The molecule has 0 radical (unpaired) electrons. The van der Waals surface area contributed by atoms with Crippen LogP contribution in [0.4, 0.5) is 5.69 Å². The number of aryl methyl sites for hydroxylation is 3. The molecule has 0 saturated heterocycles. The maximum Gasteiger partial charge on any atom is 0.0438 e. The Balaban J connectivity index is 2.58. The lowest BCUT2D eigenvalue weighted by Crippen LogP contribution is -1.94. The molecular formula is C16H18ClN. The first kappa shape index (κ1) is 13.0. The monoisotopic (exact) mass is 259 g/mol. The largest absolute Gasteiger partial charge is 0.399 e. The average molecular weight is 260 g/mol. The minimum absolute atomic E-state index is 0.822. The zero-order valence-corrected chi connectivity index (χ0v) is 11.8. The van der Waals surface area contributed by atoms with Gasteiger partial charge in [0.05, 0.1) is 0 Å². The summed E-state index contributed by atoms with van der Waals surface area (Å²) in [6.07, 6.45) is 0.950. The quantitative estimate of drug-likeness (QED) is 0.773. The van der Waals surface area contributed by atoms with Crippen LogP contribution >= 0.6 is 11.6 Å². The molecule has 0 heterocycles. The molecule has 18 heavy (non-hydrogen) atoms. The highest BCUT2D eigenvalue weighted by Gasteiger charge is 2.07. The molecule has 0 aliphatic carbocycles. The molecule has 0 fully saturated rings. The summed E-state index contributed by atoms with van der Waals surface area (Å²) >= 11 is 6.14. The second-order valence-corrected chi connectivity index (χ2v) is 5.09. The third-order valence-corrected chi connectivity index (χ3v) is 3.75. The van der Waals surface area contributed by atoms with Gasteiger partial charge in [-0.3, -0.25) is 0 Å². The molecule has 94 valence electrons. The smallest absolute Gasteiger partial charge is 0.0438 e. The number of hydrogen-bond acceptors (Lipinski definition) is 1. The molecule has 2 rings (SSSR count). The second kappa shape index (κ2) is 5.03. The van der Waals surface area contributed by atoms with Gasteiger partial charge in [-0.2, -0.15) is 0 Å². The van der Waals surface area contributed by atoms with Crippen LogP contribution in [0.25, 0.3) is 11.1 Å². The molecule has 2 heteroatoms. The van der Waals surface area contributed by atoms with Gasteiger partial charge in [0, 0.05) is 10.7 Å². The van der Waals surface area contributed by atoms with Gasteiger partial charge in [-0.1, -0.05) is 24.6 Å². The minimum Gasteiger partial charge on any atom is -0.399 e. The fourth-order valence-corrected chi connectivity index (χ4v) is 2.39. The third kappa shape index (κ3) is 2.37. The molecule has 2 aromatic carbocycles. The van der Waals surface area contributed by atoms with Gasteiger partial charge in [-0.15, -0.1) is 0 Å². The predicted octanol–water partition coefficient (Wildman–Crippen LogP) is 4.77. The van der Waals surface area contributed by atoms with Crippen LogP contribution in [0.5, 0.6) is 0 Å². The zero-order chi connectivity index (χ0) is 13.3. The van der Waals surface area contributed by atoms with Crippen LogP contribution in [0.1, 0.15) is 23.6 Å². The first-order chi connectivity index (χ1) is 8.52. The van der Waals surface area contributed by atoms with Crippen LogP contribution in [0, 0.1) is 13.8 Å². The van der Waals surface area contributed by atoms with Crippen LogP contribution in [-0.4, -0.2) is 0 Å². The average Bonchev–Trinajstić information content (AvgIpc) is 2.35. The first-order valence-corrected chi connectivity index (χ1v) is 6.56. The van der Waals surface area contributed by atoms with E-state index in [1.54, 1.807) is 0 Å². The van der Waals surface area contributed by atoms with Gasteiger partial charge < -0.3 is 5.73 Å². The Morgan fingerprint density at radius 2 is 1.78 bits per heavy atom. The van der Waals surface area contributed by atoms with E-state index in [1.165, 1.54) is 22.3 Å². The van der Waals surface area contributed by atoms with Crippen LogP contribution in [0.2, 0.25) is 5.02 Å². The highest BCUT2D eigenvalue weighted by molar-refractivity contribution is 6.31. The second-order valence-electron chi connectivity index (χ2n) is 4.68. The molecule has 2 aromatic rings. The lowest BCUT2D eigenvalue weighted by Gasteiger charge is -2.11. The van der Waals surface area contributed by atoms with Crippen LogP contribution in [0.15, 0.2) is 30.3 Å². The summed E-state index contributed by atoms with van der Waals surface area (Å²) in [6, 6.07) is 10.4. The van der Waals surface area contributed by atoms with Crippen molar-refractivity contribution in [1.82, 2.24) is 0 Å². The third-order valence-electron chi connectivity index (χ3n) is 3.34. The van der Waals surface area contributed by atoms with Crippen molar-refractivity contribution in [3.63, 3.8) is 0 Å². The first-order valence-electron chi connectivity index (χ1n) is 6.18. The SMILES string of the molecule is CCc1cc(-c2cc(C)c(Cl)cc2C)ccc1N. The van der Waals surface area contributed by atoms with Crippen LogP contribution < -0.4 is 5.73 Å². The van der Waals surface area contributed by atoms with E-state index < -0.39 is 0 Å². The van der Waals surface area contributed by atoms with E-state index in [2.05, 4.69) is 32.0 Å². The molecule has 0 spiro atoms. The minimum atomic E-state index is 0.822. The fourth-order valence-electron chi connectivity index (χ4n) is 2.17. The summed E-state index contributed by atoms with van der Waals surface area (Å²) in [5, 5.41) is 0.822. The lowest BCUT2D eigenvalue weighted by atomic mass is 9.96. The topological polar surface area (TPSA) is 26.0 Å². The molecule has 0 aliphatic heterocycles. The molecule has 0 unspecified atom stereocenters. The summed E-state index contributed by atoms with van der Waals surface area (Å²) < 4.78 is 0. The highest BCUT2D eigenvalue weighted by Crippen LogP contribution is 2.30. The van der Waals surface area contributed by atoms with Gasteiger partial charge >= 0.3 is 0 Å². The Kier molecular flexibility index (Phi) is 3.63. The van der Waals surface area contributed by atoms with Crippen molar-refractivity contribution in [3.8, 4) is 11.1 Å². The molecule has 0 saturated carbocycles. The molecule has 1 nitrogen and oxygen atoms in total. The number of rotatable bonds is 2. The molecule has 0 amide bonds. The molecule has 2 N–H and O–H groups in total. The van der Waals surface area contributed by atoms with Crippen molar-refractivity contribution in [1.29, 1.82) is 0 Å². The highest BCUT2D eigenvalue weighted by atomic mass is 35.5. The fraction of sp³-hybridized carbons (Fsp3) is 0.250. The van der Waals surface area contributed by atoms with Crippen molar-refractivity contribution in [2.24, 2.45) is 0 Å². The van der Waals surface area contributed by atoms with Crippen molar-refractivity contribution < 1.29 is 0 Å². The zero-order valence-electron chi connectivity index (χ0n) is 11.0. The van der Waals surface area contributed by atoms with Gasteiger partial charge in [-0.05, 0) is 72.4 Å². The number of anilines is 1. The normalized spacial score (nSPS) is 10.7. The maximum atomic E-state index is 6.14. The van der Waals surface area contributed by atoms with Gasteiger partial charge in [0.2, 0.25) is 0 Å². The van der Waals surface area contributed by atoms with Gasteiger partial charge in [-0.25, -0.2) is 0 Å². The van der Waals surface area contributed by atoms with E-state index in [1.807, 2.05) is 19.1 Å². The lowest BCUT2D eigenvalue weighted by molar-refractivity contribution is 1.14. The van der Waals surface area contributed by atoms with E-state index in [0.29, 0.717) is 0 Å². The number of hydrogen-bond donors (Lipinski definition) is 1. The molecule has 0 bridgehead atoms. The standard InChI is InChI=1S/C16H18ClN/c1-4-12-9-13(5-6-16(12)18)14-7-11(3)15(17)8-10(14)2/h5-9H,4,18H2,1-3H3. The number of nitrogen functional groups attached to an aromatic ring is 1. The number of halogens is 1. The van der Waals surface area contributed by atoms with E-state index in [4.69, 9.17) is 17.3 Å². The van der Waals surface area contributed by atoms with Gasteiger partial charge in [0.25, 0.3) is 0 Å². The maximum absolute atomic E-state index is 6.14. The van der Waals surface area contributed by atoms with Gasteiger partial charge in [0.1, 0.15) is 0 Å². The van der Waals surface area contributed by atoms with Crippen molar-refractivity contribution >= 4 is 17.3 Å². The van der Waals surface area contributed by atoms with E-state index in [0.717, 1.165) is 22.7 Å². The summed E-state index contributed by atoms with van der Waals surface area (Å²) in [5.74, 6) is 0. The Morgan fingerprint density at radius 3 is 2.44 bits per heavy atom. The molecule has 0 atom stereocenters. The summed E-state index contributed by atoms with van der Waals surface area (Å²) in [4.78, 5) is 0. The van der Waals surface area contributed by atoms with Crippen molar-refractivity contribution in [3.05, 3.63) is 52.0 Å². The Hall–Kier alpha value is -1.47. The summed E-state index contributed by atoms with van der Waals surface area (Å²) in [6.45, 7) is 6.24. The summed E-state index contributed by atoms with van der Waals surface area (Å²) in [5.41, 5.74) is 12.7. The molecule has 0 aliphatic rings. The molecule has 0 aromatic heterocycles. The summed E-state index contributed by atoms with van der Waals surface area (Å²) in [7, 11) is 0. The van der Waals surface area contributed by atoms with Crippen molar-refractivity contribution in [2.75, 3.05) is 5.73 Å². The van der Waals surface area contributed by atoms with E-state index in [-0.39, 0.29) is 0 Å². The Labute approximate surface area is 114 Å². The van der Waals surface area contributed by atoms with Crippen LogP contribution in [0.3, 0.4) is 0 Å².